The summed E-state index contributed by atoms with van der Waals surface area (Å²) in [6.45, 7) is 15.1. The summed E-state index contributed by atoms with van der Waals surface area (Å²) < 4.78 is 0. The lowest BCUT2D eigenvalue weighted by Crippen LogP contribution is -2.16. The van der Waals surface area contributed by atoms with E-state index in [1.165, 1.54) is 12.8 Å². The molecular weight excluding hydrogens is 144 g/mol. The summed E-state index contributed by atoms with van der Waals surface area (Å²) in [4.78, 5) is 0. The first-order chi connectivity index (χ1) is 5.62. The number of rotatable bonds is 0. The molecule has 0 nitrogen and oxygen atoms in total. The van der Waals surface area contributed by atoms with Crippen LogP contribution >= 0.6 is 0 Å². The lowest BCUT2D eigenvalue weighted by Gasteiger charge is -2.28. The van der Waals surface area contributed by atoms with Gasteiger partial charge in [-0.2, -0.15) is 0 Å². The molecule has 0 aromatic carbocycles. The van der Waals surface area contributed by atoms with Crippen LogP contribution in [0.2, 0.25) is 0 Å². The molecule has 1 saturated carbocycles. The van der Waals surface area contributed by atoms with Crippen LogP contribution in [0.25, 0.3) is 0 Å². The summed E-state index contributed by atoms with van der Waals surface area (Å²) in [5, 5.41) is 0. The second kappa shape index (κ2) is 10.5. The zero-order valence-corrected chi connectivity index (χ0v) is 9.14. The van der Waals surface area contributed by atoms with Gasteiger partial charge in [0.05, 0.1) is 0 Å². The SMILES string of the molecule is C=CC.C=CC.CC1CC(C)C1. The highest BCUT2D eigenvalue weighted by Gasteiger charge is 2.19. The Kier molecular flexibility index (Phi) is 12.3. The van der Waals surface area contributed by atoms with Crippen molar-refractivity contribution in [2.45, 2.75) is 40.5 Å². The molecule has 0 unspecified atom stereocenters. The Morgan fingerprint density at radius 1 is 0.917 bits per heavy atom. The molecule has 0 aromatic heterocycles. The quantitative estimate of drug-likeness (QED) is 0.469. The van der Waals surface area contributed by atoms with Crippen molar-refractivity contribution >= 4 is 0 Å². The minimum atomic E-state index is 1.04. The first kappa shape index (κ1) is 14.0. The highest BCUT2D eigenvalue weighted by molar-refractivity contribution is 4.71. The smallest absolute Gasteiger partial charge is 0.0438 e. The molecule has 1 aliphatic carbocycles. The molecule has 0 amide bonds. The maximum Gasteiger partial charge on any atom is -0.0438 e. The zero-order valence-electron chi connectivity index (χ0n) is 9.14. The van der Waals surface area contributed by atoms with Gasteiger partial charge in [0.25, 0.3) is 0 Å². The molecule has 0 N–H and O–H groups in total. The molecule has 0 radical (unpaired) electrons. The van der Waals surface area contributed by atoms with E-state index >= 15 is 0 Å². The van der Waals surface area contributed by atoms with Gasteiger partial charge in [0.1, 0.15) is 0 Å². The molecule has 0 bridgehead atoms. The van der Waals surface area contributed by atoms with Crippen LogP contribution in [0.4, 0.5) is 0 Å². The van der Waals surface area contributed by atoms with Gasteiger partial charge in [0.15, 0.2) is 0 Å². The van der Waals surface area contributed by atoms with Crippen molar-refractivity contribution in [3.05, 3.63) is 25.3 Å². The Bertz CT molecular complexity index is 84.6. The molecule has 0 heterocycles. The predicted molar refractivity (Wildman–Crippen MR) is 59.3 cm³/mol. The summed E-state index contributed by atoms with van der Waals surface area (Å²) >= 11 is 0. The first-order valence-corrected chi connectivity index (χ1v) is 4.76. The largest absolute Gasteiger partial charge is 0.103 e. The molecule has 72 valence electrons. The summed E-state index contributed by atoms with van der Waals surface area (Å²) in [6, 6.07) is 0. The van der Waals surface area contributed by atoms with E-state index in [1.54, 1.807) is 12.2 Å². The van der Waals surface area contributed by atoms with E-state index in [9.17, 15) is 0 Å². The van der Waals surface area contributed by atoms with Gasteiger partial charge in [-0.1, -0.05) is 26.0 Å². The highest BCUT2D eigenvalue weighted by atomic mass is 14.2. The molecule has 0 saturated heterocycles. The fourth-order valence-corrected chi connectivity index (χ4v) is 1.30. The van der Waals surface area contributed by atoms with E-state index < -0.39 is 0 Å². The Morgan fingerprint density at radius 3 is 1.08 bits per heavy atom. The molecule has 1 rings (SSSR count). The molecule has 0 atom stereocenters. The molecule has 0 spiro atoms. The summed E-state index contributed by atoms with van der Waals surface area (Å²) in [5.74, 6) is 2.08. The van der Waals surface area contributed by atoms with Crippen molar-refractivity contribution in [2.24, 2.45) is 11.8 Å². The summed E-state index contributed by atoms with van der Waals surface area (Å²) in [6.07, 6.45) is 6.44. The van der Waals surface area contributed by atoms with Crippen LogP contribution in [0.1, 0.15) is 40.5 Å². The van der Waals surface area contributed by atoms with Gasteiger partial charge in [0, 0.05) is 0 Å². The third-order valence-electron chi connectivity index (χ3n) is 1.61. The van der Waals surface area contributed by atoms with Crippen LogP contribution in [-0.4, -0.2) is 0 Å². The molecule has 0 aromatic rings. The van der Waals surface area contributed by atoms with Gasteiger partial charge in [-0.25, -0.2) is 0 Å². The second-order valence-corrected chi connectivity index (χ2v) is 3.50. The Hall–Kier alpha value is -0.520. The predicted octanol–water partition coefficient (Wildman–Crippen LogP) is 4.44. The minimum absolute atomic E-state index is 1.04. The maximum absolute atomic E-state index is 3.36. The van der Waals surface area contributed by atoms with E-state index in [0.717, 1.165) is 11.8 Å². The van der Waals surface area contributed by atoms with Gasteiger partial charge in [-0.05, 0) is 38.5 Å². The molecular formula is C12H24. The van der Waals surface area contributed by atoms with E-state index in [4.69, 9.17) is 0 Å². The summed E-state index contributed by atoms with van der Waals surface area (Å²) in [5.41, 5.74) is 0. The van der Waals surface area contributed by atoms with Gasteiger partial charge >= 0.3 is 0 Å². The lowest BCUT2D eigenvalue weighted by molar-refractivity contribution is 0.233. The average molecular weight is 168 g/mol. The fraction of sp³-hybridized carbons (Fsp3) is 0.667. The van der Waals surface area contributed by atoms with Crippen molar-refractivity contribution < 1.29 is 0 Å². The van der Waals surface area contributed by atoms with Gasteiger partial charge in [-0.15, -0.1) is 13.2 Å². The van der Waals surface area contributed by atoms with Gasteiger partial charge in [0.2, 0.25) is 0 Å². The topological polar surface area (TPSA) is 0 Å². The van der Waals surface area contributed by atoms with Crippen LogP contribution in [0, 0.1) is 11.8 Å². The van der Waals surface area contributed by atoms with Crippen molar-refractivity contribution in [3.63, 3.8) is 0 Å². The molecule has 1 aliphatic rings. The maximum atomic E-state index is 3.36. The molecule has 0 aliphatic heterocycles. The van der Waals surface area contributed by atoms with Crippen molar-refractivity contribution in [1.29, 1.82) is 0 Å². The lowest BCUT2D eigenvalue weighted by atomic mass is 9.78. The fourth-order valence-electron chi connectivity index (χ4n) is 1.30. The number of hydrogen-bond acceptors (Lipinski definition) is 0. The van der Waals surface area contributed by atoms with Crippen LogP contribution in [0.3, 0.4) is 0 Å². The van der Waals surface area contributed by atoms with Crippen LogP contribution in [-0.2, 0) is 0 Å². The number of allylic oxidation sites excluding steroid dienone is 2. The Labute approximate surface area is 78.4 Å². The minimum Gasteiger partial charge on any atom is -0.103 e. The van der Waals surface area contributed by atoms with E-state index in [1.807, 2.05) is 13.8 Å². The normalized spacial score (nSPS) is 24.7. The zero-order chi connectivity index (χ0) is 9.98. The van der Waals surface area contributed by atoms with E-state index in [-0.39, 0.29) is 0 Å². The van der Waals surface area contributed by atoms with Crippen LogP contribution in [0.5, 0.6) is 0 Å². The monoisotopic (exact) mass is 168 g/mol. The molecule has 12 heavy (non-hydrogen) atoms. The number of hydrogen-bond donors (Lipinski definition) is 0. The van der Waals surface area contributed by atoms with E-state index in [2.05, 4.69) is 27.0 Å². The van der Waals surface area contributed by atoms with Crippen molar-refractivity contribution in [2.75, 3.05) is 0 Å². The third-order valence-corrected chi connectivity index (χ3v) is 1.61. The average Bonchev–Trinajstić information content (AvgIpc) is 1.88. The Morgan fingerprint density at radius 2 is 1.08 bits per heavy atom. The van der Waals surface area contributed by atoms with Crippen LogP contribution < -0.4 is 0 Å². The van der Waals surface area contributed by atoms with Gasteiger partial charge in [-0.3, -0.25) is 0 Å². The van der Waals surface area contributed by atoms with Crippen molar-refractivity contribution in [1.82, 2.24) is 0 Å². The Balaban J connectivity index is 0. The standard InChI is InChI=1S/C6H12.2C3H6/c1-5-3-6(2)4-5;2*1-3-2/h5-6H,3-4H2,1-2H3;2*3H,1H2,2H3. The molecule has 1 fully saturated rings. The summed E-state index contributed by atoms with van der Waals surface area (Å²) in [7, 11) is 0. The van der Waals surface area contributed by atoms with E-state index in [0.29, 0.717) is 0 Å². The molecule has 0 heteroatoms. The second-order valence-electron chi connectivity index (χ2n) is 3.50. The van der Waals surface area contributed by atoms with Gasteiger partial charge < -0.3 is 0 Å². The van der Waals surface area contributed by atoms with Crippen LogP contribution in [0.15, 0.2) is 25.3 Å². The highest BCUT2D eigenvalue weighted by Crippen LogP contribution is 2.31. The van der Waals surface area contributed by atoms with Crippen molar-refractivity contribution in [3.8, 4) is 0 Å². The first-order valence-electron chi connectivity index (χ1n) is 4.76. The third kappa shape index (κ3) is 12.2.